The van der Waals surface area contributed by atoms with E-state index in [1.165, 1.54) is 23.5 Å². The highest BCUT2D eigenvalue weighted by atomic mass is 32.2. The van der Waals surface area contributed by atoms with Crippen molar-refractivity contribution in [2.75, 3.05) is 11.9 Å². The van der Waals surface area contributed by atoms with E-state index in [9.17, 15) is 0 Å². The molecule has 0 saturated carbocycles. The Balaban J connectivity index is 2.12. The number of aliphatic hydroxyl groups is 2. The molecule has 0 aliphatic carbocycles. The van der Waals surface area contributed by atoms with Gasteiger partial charge in [-0.1, -0.05) is 23.5 Å². The van der Waals surface area contributed by atoms with Crippen molar-refractivity contribution < 1.29 is 10.2 Å². The molecule has 0 radical (unpaired) electrons. The van der Waals surface area contributed by atoms with E-state index < -0.39 is 0 Å². The number of aromatic nitrogens is 2. The molecule has 0 amide bonds. The van der Waals surface area contributed by atoms with Crippen molar-refractivity contribution >= 4 is 45.6 Å². The summed E-state index contributed by atoms with van der Waals surface area (Å²) in [7, 11) is 0. The van der Waals surface area contributed by atoms with E-state index in [-0.39, 0.29) is 11.9 Å². The molecule has 0 spiro atoms. The van der Waals surface area contributed by atoms with Crippen LogP contribution in [-0.2, 0) is 0 Å². The molecule has 1 heterocycles. The van der Waals surface area contributed by atoms with Gasteiger partial charge in [-0.15, -0.1) is 0 Å². The van der Waals surface area contributed by atoms with Crippen molar-refractivity contribution in [1.82, 2.24) is 9.97 Å². The zero-order valence-corrected chi connectivity index (χ0v) is 12.1. The van der Waals surface area contributed by atoms with Crippen molar-refractivity contribution in [3.63, 3.8) is 0 Å². The highest BCUT2D eigenvalue weighted by Gasteiger charge is 2.04. The smallest absolute Gasteiger partial charge is 0.0932 e. The standard InChI is InChI=1S/C14H12N2O2S2/c17-7-19-9-1-3-11-13(5-9)16-12-4-2-10(20-8-18)6-14(12)15-11/h1-6,17-18H,7-8H2. The van der Waals surface area contributed by atoms with Crippen molar-refractivity contribution in [2.45, 2.75) is 9.79 Å². The van der Waals surface area contributed by atoms with Crippen LogP contribution in [0.4, 0.5) is 0 Å². The maximum absolute atomic E-state index is 8.95. The van der Waals surface area contributed by atoms with Gasteiger partial charge in [0.1, 0.15) is 0 Å². The minimum absolute atomic E-state index is 0.0499. The lowest BCUT2D eigenvalue weighted by molar-refractivity contribution is 0.375. The van der Waals surface area contributed by atoms with Crippen LogP contribution >= 0.6 is 23.5 Å². The maximum atomic E-state index is 8.95. The van der Waals surface area contributed by atoms with Crippen LogP contribution in [0.25, 0.3) is 22.1 Å². The van der Waals surface area contributed by atoms with Crippen LogP contribution in [0.5, 0.6) is 0 Å². The van der Waals surface area contributed by atoms with E-state index in [1.807, 2.05) is 36.4 Å². The molecule has 0 saturated heterocycles. The van der Waals surface area contributed by atoms with Gasteiger partial charge in [-0.2, -0.15) is 0 Å². The second kappa shape index (κ2) is 5.97. The van der Waals surface area contributed by atoms with Gasteiger partial charge in [0, 0.05) is 9.79 Å². The minimum atomic E-state index is 0.0499. The molecule has 20 heavy (non-hydrogen) atoms. The summed E-state index contributed by atoms with van der Waals surface area (Å²) in [5, 5.41) is 17.9. The fraction of sp³-hybridized carbons (Fsp3) is 0.143. The molecule has 1 aromatic heterocycles. The third kappa shape index (κ3) is 2.73. The summed E-state index contributed by atoms with van der Waals surface area (Å²) >= 11 is 2.72. The quantitative estimate of drug-likeness (QED) is 0.439. The van der Waals surface area contributed by atoms with Gasteiger partial charge in [-0.3, -0.25) is 0 Å². The molecule has 0 unspecified atom stereocenters. The summed E-state index contributed by atoms with van der Waals surface area (Å²) in [5.41, 5.74) is 3.29. The van der Waals surface area contributed by atoms with Crippen LogP contribution in [0, 0.1) is 0 Å². The van der Waals surface area contributed by atoms with Gasteiger partial charge in [0.05, 0.1) is 33.9 Å². The summed E-state index contributed by atoms with van der Waals surface area (Å²) in [4.78, 5) is 11.1. The lowest BCUT2D eigenvalue weighted by atomic mass is 10.2. The molecule has 0 atom stereocenters. The Morgan fingerprint density at radius 1 is 0.700 bits per heavy atom. The highest BCUT2D eigenvalue weighted by Crippen LogP contribution is 2.25. The third-order valence-corrected chi connectivity index (χ3v) is 4.27. The lowest BCUT2D eigenvalue weighted by Crippen LogP contribution is -1.89. The van der Waals surface area contributed by atoms with E-state index in [4.69, 9.17) is 10.2 Å². The summed E-state index contributed by atoms with van der Waals surface area (Å²) in [6.07, 6.45) is 0. The minimum Gasteiger partial charge on any atom is -0.385 e. The van der Waals surface area contributed by atoms with E-state index in [2.05, 4.69) is 9.97 Å². The lowest BCUT2D eigenvalue weighted by Gasteiger charge is -2.04. The van der Waals surface area contributed by atoms with Crippen molar-refractivity contribution in [3.05, 3.63) is 36.4 Å². The summed E-state index contributed by atoms with van der Waals surface area (Å²) in [5.74, 6) is 0.0997. The normalized spacial score (nSPS) is 11.3. The Bertz CT molecular complexity index is 699. The SMILES string of the molecule is OCSc1ccc2nc3cc(SCO)ccc3nc2c1. The zero-order chi connectivity index (χ0) is 13.9. The van der Waals surface area contributed by atoms with Crippen LogP contribution in [0.2, 0.25) is 0 Å². The van der Waals surface area contributed by atoms with Gasteiger partial charge < -0.3 is 10.2 Å². The number of rotatable bonds is 4. The van der Waals surface area contributed by atoms with Gasteiger partial charge in [0.15, 0.2) is 0 Å². The summed E-state index contributed by atoms with van der Waals surface area (Å²) < 4.78 is 0. The topological polar surface area (TPSA) is 66.2 Å². The predicted molar refractivity (Wildman–Crippen MR) is 82.9 cm³/mol. The first-order valence-electron chi connectivity index (χ1n) is 5.99. The number of thioether (sulfide) groups is 2. The number of aliphatic hydroxyl groups excluding tert-OH is 2. The highest BCUT2D eigenvalue weighted by molar-refractivity contribution is 7.99. The number of fused-ring (bicyclic) bond motifs is 2. The molecule has 3 rings (SSSR count). The molecular weight excluding hydrogens is 292 g/mol. The average molecular weight is 304 g/mol. The average Bonchev–Trinajstić information content (AvgIpc) is 2.46. The van der Waals surface area contributed by atoms with Crippen LogP contribution in [0.15, 0.2) is 46.2 Å². The molecule has 0 bridgehead atoms. The Morgan fingerprint density at radius 2 is 1.15 bits per heavy atom. The fourth-order valence-corrected chi connectivity index (χ4v) is 2.98. The molecule has 102 valence electrons. The van der Waals surface area contributed by atoms with Crippen LogP contribution in [0.3, 0.4) is 0 Å². The van der Waals surface area contributed by atoms with Crippen LogP contribution in [0.1, 0.15) is 0 Å². The van der Waals surface area contributed by atoms with Crippen molar-refractivity contribution in [1.29, 1.82) is 0 Å². The zero-order valence-electron chi connectivity index (χ0n) is 10.5. The van der Waals surface area contributed by atoms with Gasteiger partial charge in [-0.25, -0.2) is 9.97 Å². The fourth-order valence-electron chi connectivity index (χ4n) is 1.96. The summed E-state index contributed by atoms with van der Waals surface area (Å²) in [6.45, 7) is 0. The van der Waals surface area contributed by atoms with Crippen LogP contribution in [-0.4, -0.2) is 32.1 Å². The van der Waals surface area contributed by atoms with Crippen LogP contribution < -0.4 is 0 Å². The first-order chi connectivity index (χ1) is 9.80. The van der Waals surface area contributed by atoms with Gasteiger partial charge >= 0.3 is 0 Å². The Morgan fingerprint density at radius 3 is 1.55 bits per heavy atom. The molecule has 4 nitrogen and oxygen atoms in total. The van der Waals surface area contributed by atoms with E-state index in [0.29, 0.717) is 0 Å². The first kappa shape index (κ1) is 13.6. The molecule has 0 aliphatic heterocycles. The molecule has 0 aliphatic rings. The monoisotopic (exact) mass is 304 g/mol. The third-order valence-electron chi connectivity index (χ3n) is 2.84. The number of nitrogens with zero attached hydrogens (tertiary/aromatic N) is 2. The molecule has 2 N–H and O–H groups in total. The van der Waals surface area contributed by atoms with Crippen molar-refractivity contribution in [3.8, 4) is 0 Å². The number of benzene rings is 2. The maximum Gasteiger partial charge on any atom is 0.0932 e. The van der Waals surface area contributed by atoms with E-state index >= 15 is 0 Å². The van der Waals surface area contributed by atoms with Gasteiger partial charge in [0.25, 0.3) is 0 Å². The first-order valence-corrected chi connectivity index (χ1v) is 7.96. The number of hydrogen-bond acceptors (Lipinski definition) is 6. The largest absolute Gasteiger partial charge is 0.385 e. The second-order valence-corrected chi connectivity index (χ2v) is 6.11. The predicted octanol–water partition coefficient (Wildman–Crippen LogP) is 2.87. The molecule has 3 aromatic rings. The second-order valence-electron chi connectivity index (χ2n) is 4.07. The molecular formula is C14H12N2O2S2. The Kier molecular flexibility index (Phi) is 4.07. The Hall–Kier alpha value is -1.34. The molecule has 2 aromatic carbocycles. The molecule has 0 fully saturated rings. The number of hydrogen-bond donors (Lipinski definition) is 2. The summed E-state index contributed by atoms with van der Waals surface area (Å²) in [6, 6.07) is 11.5. The van der Waals surface area contributed by atoms with E-state index in [0.717, 1.165) is 31.9 Å². The van der Waals surface area contributed by atoms with Gasteiger partial charge in [0.2, 0.25) is 0 Å². The van der Waals surface area contributed by atoms with Gasteiger partial charge in [-0.05, 0) is 36.4 Å². The van der Waals surface area contributed by atoms with Crippen molar-refractivity contribution in [2.24, 2.45) is 0 Å². The molecule has 6 heteroatoms. The van der Waals surface area contributed by atoms with E-state index in [1.54, 1.807) is 0 Å². The Labute approximate surface area is 124 Å².